The summed E-state index contributed by atoms with van der Waals surface area (Å²) in [6, 6.07) is 3.53. The molecule has 8 nitrogen and oxygen atoms in total. The van der Waals surface area contributed by atoms with Crippen LogP contribution in [0.15, 0.2) is 17.1 Å². The Bertz CT molecular complexity index is 596. The number of aliphatic hydroxyl groups excluding tert-OH is 2. The zero-order valence-electron chi connectivity index (χ0n) is 11.1. The number of nitrogens with zero attached hydrogens (tertiary/aromatic N) is 3. The summed E-state index contributed by atoms with van der Waals surface area (Å²) in [5, 5.41) is 31.3. The fourth-order valence-electron chi connectivity index (χ4n) is 2.26. The molecule has 108 valence electrons. The molecule has 0 amide bonds. The first-order chi connectivity index (χ1) is 9.47. The highest BCUT2D eigenvalue weighted by atomic mass is 16.5. The molecule has 20 heavy (non-hydrogen) atoms. The van der Waals surface area contributed by atoms with Gasteiger partial charge >= 0.3 is 5.69 Å². The molecule has 3 N–H and O–H groups in total. The van der Waals surface area contributed by atoms with Crippen molar-refractivity contribution in [2.75, 3.05) is 19.0 Å². The molecule has 1 aliphatic heterocycles. The van der Waals surface area contributed by atoms with Crippen molar-refractivity contribution in [1.82, 2.24) is 9.55 Å². The lowest BCUT2D eigenvalue weighted by Gasteiger charge is -2.25. The van der Waals surface area contributed by atoms with E-state index >= 15 is 0 Å². The third-order valence-corrected chi connectivity index (χ3v) is 3.54. The third kappa shape index (κ3) is 2.06. The highest BCUT2D eigenvalue weighted by Crippen LogP contribution is 2.44. The Balaban J connectivity index is 2.47. The van der Waals surface area contributed by atoms with Gasteiger partial charge in [-0.1, -0.05) is 0 Å². The molecule has 8 heteroatoms. The molecule has 1 aliphatic rings. The van der Waals surface area contributed by atoms with Crippen molar-refractivity contribution in [3.05, 3.63) is 22.7 Å². The molecular formula is C12H16N4O4. The number of nitriles is 1. The molecule has 0 aromatic carbocycles. The van der Waals surface area contributed by atoms with Crippen LogP contribution in [0.1, 0.15) is 13.2 Å². The number of anilines is 1. The first-order valence-electron chi connectivity index (χ1n) is 6.10. The number of aliphatic hydroxyl groups is 2. The van der Waals surface area contributed by atoms with Gasteiger partial charge in [0.05, 0.1) is 12.7 Å². The van der Waals surface area contributed by atoms with E-state index < -0.39 is 36.1 Å². The summed E-state index contributed by atoms with van der Waals surface area (Å²) in [5.74, 6) is 0.391. The van der Waals surface area contributed by atoms with Crippen LogP contribution in [0.2, 0.25) is 0 Å². The van der Waals surface area contributed by atoms with E-state index in [-0.39, 0.29) is 0 Å². The van der Waals surface area contributed by atoms with Crippen LogP contribution in [-0.2, 0) is 4.74 Å². The largest absolute Gasteiger partial charge is 0.394 e. The van der Waals surface area contributed by atoms with Gasteiger partial charge in [-0.15, -0.1) is 0 Å². The van der Waals surface area contributed by atoms with E-state index in [2.05, 4.69) is 10.3 Å². The minimum absolute atomic E-state index is 0.391. The normalized spacial score (nSPS) is 32.9. The first-order valence-corrected chi connectivity index (χ1v) is 6.10. The smallest absolute Gasteiger partial charge is 0.351 e. The fraction of sp³-hybridized carbons (Fsp3) is 0.583. The van der Waals surface area contributed by atoms with Crippen molar-refractivity contribution >= 4 is 5.82 Å². The molecule has 0 aliphatic carbocycles. The Kier molecular flexibility index (Phi) is 3.76. The van der Waals surface area contributed by atoms with Crippen molar-refractivity contribution in [3.63, 3.8) is 0 Å². The van der Waals surface area contributed by atoms with E-state index in [1.165, 1.54) is 13.1 Å². The van der Waals surface area contributed by atoms with Crippen LogP contribution < -0.4 is 11.0 Å². The van der Waals surface area contributed by atoms with E-state index in [0.717, 1.165) is 4.57 Å². The van der Waals surface area contributed by atoms with E-state index in [9.17, 15) is 20.3 Å². The number of hydrogen-bond donors (Lipinski definition) is 3. The average Bonchev–Trinajstić information content (AvgIpc) is 2.72. The number of aromatic nitrogens is 2. The zero-order valence-corrected chi connectivity index (χ0v) is 11.1. The minimum Gasteiger partial charge on any atom is -0.394 e. The standard InChI is InChI=1S/C12H16N4O4/c1-12(6-13)9(18)7(5-17)20-10(12)16-4-3-8(14-2)15-11(16)19/h3-4,7,9-10,17-18H,5H2,1-2H3,(H,14,15,19)/t7-,9-,10?,12-/m1/s1. The third-order valence-electron chi connectivity index (χ3n) is 3.54. The van der Waals surface area contributed by atoms with Gasteiger partial charge in [-0.2, -0.15) is 10.2 Å². The van der Waals surface area contributed by atoms with Gasteiger partial charge in [0.1, 0.15) is 23.4 Å². The molecule has 1 unspecified atom stereocenters. The summed E-state index contributed by atoms with van der Waals surface area (Å²) in [5.41, 5.74) is -1.95. The van der Waals surface area contributed by atoms with Gasteiger partial charge in [0.25, 0.3) is 0 Å². The molecule has 2 rings (SSSR count). The van der Waals surface area contributed by atoms with E-state index in [1.54, 1.807) is 13.1 Å². The topological polar surface area (TPSA) is 120 Å². The Morgan fingerprint density at radius 2 is 2.40 bits per heavy atom. The Morgan fingerprint density at radius 3 is 2.90 bits per heavy atom. The summed E-state index contributed by atoms with van der Waals surface area (Å²) in [4.78, 5) is 15.7. The number of rotatable bonds is 3. The van der Waals surface area contributed by atoms with E-state index in [1.807, 2.05) is 6.07 Å². The highest BCUT2D eigenvalue weighted by Gasteiger charge is 2.54. The minimum atomic E-state index is -1.35. The lowest BCUT2D eigenvalue weighted by atomic mass is 9.84. The maximum atomic E-state index is 12.0. The van der Waals surface area contributed by atoms with Crippen molar-refractivity contribution in [1.29, 1.82) is 5.26 Å². The first kappa shape index (κ1) is 14.5. The summed E-state index contributed by atoms with van der Waals surface area (Å²) in [6.07, 6.45) is -1.68. The number of hydrogen-bond acceptors (Lipinski definition) is 7. The van der Waals surface area contributed by atoms with E-state index in [4.69, 9.17) is 4.74 Å². The van der Waals surface area contributed by atoms with Gasteiger partial charge in [0, 0.05) is 13.2 Å². The van der Waals surface area contributed by atoms with Crippen molar-refractivity contribution < 1.29 is 14.9 Å². The van der Waals surface area contributed by atoms with Crippen molar-refractivity contribution in [2.45, 2.75) is 25.4 Å². The fourth-order valence-corrected chi connectivity index (χ4v) is 2.26. The van der Waals surface area contributed by atoms with Crippen LogP contribution >= 0.6 is 0 Å². The quantitative estimate of drug-likeness (QED) is 0.653. The number of ether oxygens (including phenoxy) is 1. The van der Waals surface area contributed by atoms with Crippen LogP contribution in [0.3, 0.4) is 0 Å². The summed E-state index contributed by atoms with van der Waals surface area (Å²) in [6.45, 7) is 1.04. The molecule has 1 saturated heterocycles. The second-order valence-corrected chi connectivity index (χ2v) is 4.80. The second kappa shape index (κ2) is 5.20. The van der Waals surface area contributed by atoms with Gasteiger partial charge in [-0.05, 0) is 13.0 Å². The highest BCUT2D eigenvalue weighted by molar-refractivity contribution is 5.30. The Hall–Kier alpha value is -1.95. The van der Waals surface area contributed by atoms with Crippen LogP contribution in [-0.4, -0.2) is 45.6 Å². The van der Waals surface area contributed by atoms with Crippen LogP contribution in [0.5, 0.6) is 0 Å². The zero-order chi connectivity index (χ0) is 14.9. The summed E-state index contributed by atoms with van der Waals surface area (Å²) >= 11 is 0. The molecule has 2 heterocycles. The van der Waals surface area contributed by atoms with Gasteiger partial charge in [-0.3, -0.25) is 4.57 Å². The lowest BCUT2D eigenvalue weighted by Crippen LogP contribution is -2.39. The van der Waals surface area contributed by atoms with Crippen LogP contribution in [0.4, 0.5) is 5.82 Å². The molecule has 1 fully saturated rings. The molecule has 4 atom stereocenters. The van der Waals surface area contributed by atoms with Gasteiger partial charge < -0.3 is 20.3 Å². The molecule has 0 bridgehead atoms. The second-order valence-electron chi connectivity index (χ2n) is 4.80. The van der Waals surface area contributed by atoms with Gasteiger partial charge in [-0.25, -0.2) is 4.79 Å². The monoisotopic (exact) mass is 280 g/mol. The lowest BCUT2D eigenvalue weighted by molar-refractivity contribution is -0.0503. The van der Waals surface area contributed by atoms with E-state index in [0.29, 0.717) is 5.82 Å². The SMILES string of the molecule is CNc1ccn(C2O[C@H](CO)[C@@H](O)[C@@]2(C)C#N)c(=O)n1. The predicted molar refractivity (Wildman–Crippen MR) is 68.8 cm³/mol. The van der Waals surface area contributed by atoms with Gasteiger partial charge in [0.2, 0.25) is 0 Å². The van der Waals surface area contributed by atoms with Gasteiger partial charge in [0.15, 0.2) is 6.23 Å². The Morgan fingerprint density at radius 1 is 1.70 bits per heavy atom. The summed E-state index contributed by atoms with van der Waals surface area (Å²) in [7, 11) is 1.63. The van der Waals surface area contributed by atoms with Crippen LogP contribution in [0.25, 0.3) is 0 Å². The maximum absolute atomic E-state index is 12.0. The molecule has 0 saturated carbocycles. The average molecular weight is 280 g/mol. The molecular weight excluding hydrogens is 264 g/mol. The van der Waals surface area contributed by atoms with Crippen molar-refractivity contribution in [3.8, 4) is 6.07 Å². The number of nitrogens with one attached hydrogen (secondary N) is 1. The van der Waals surface area contributed by atoms with Crippen molar-refractivity contribution in [2.24, 2.45) is 5.41 Å². The predicted octanol–water partition coefficient (Wildman–Crippen LogP) is -0.935. The van der Waals surface area contributed by atoms with Crippen LogP contribution in [0, 0.1) is 16.7 Å². The Labute approximate surface area is 115 Å². The summed E-state index contributed by atoms with van der Waals surface area (Å²) < 4.78 is 6.59. The maximum Gasteiger partial charge on any atom is 0.351 e. The molecule has 0 spiro atoms. The molecule has 1 aromatic rings. The molecule has 1 aromatic heterocycles. The molecule has 0 radical (unpaired) electrons.